The Morgan fingerprint density at radius 1 is 1.00 bits per heavy atom. The maximum absolute atomic E-state index is 12.5. The van der Waals surface area contributed by atoms with Gasteiger partial charge in [0.05, 0.1) is 0 Å². The summed E-state index contributed by atoms with van der Waals surface area (Å²) in [7, 11) is 0. The molecule has 0 N–H and O–H groups in total. The van der Waals surface area contributed by atoms with E-state index in [1.165, 1.54) is 0 Å². The topological polar surface area (TPSA) is 23.6 Å². The van der Waals surface area contributed by atoms with Crippen LogP contribution in [-0.2, 0) is 6.54 Å². The second-order valence-corrected chi connectivity index (χ2v) is 7.57. The maximum atomic E-state index is 12.5. The standard InChI is InChI=1S/C18H17BrCl2N2O/c19-15-4-1-13(2-5-15)18(24)23-9-7-22(8-10-23)12-14-3-6-16(20)11-17(14)21/h1-6,11H,7-10,12H2. The average molecular weight is 428 g/mol. The summed E-state index contributed by atoms with van der Waals surface area (Å²) >= 11 is 15.6. The first-order valence-corrected chi connectivity index (χ1v) is 9.29. The number of hydrogen-bond donors (Lipinski definition) is 0. The molecule has 126 valence electrons. The molecule has 1 fully saturated rings. The van der Waals surface area contributed by atoms with E-state index < -0.39 is 0 Å². The summed E-state index contributed by atoms with van der Waals surface area (Å²) in [6.45, 7) is 3.89. The van der Waals surface area contributed by atoms with Gasteiger partial charge in [-0.2, -0.15) is 0 Å². The maximum Gasteiger partial charge on any atom is 0.253 e. The molecule has 3 nitrogen and oxygen atoms in total. The van der Waals surface area contributed by atoms with Gasteiger partial charge in [0.2, 0.25) is 0 Å². The van der Waals surface area contributed by atoms with Gasteiger partial charge in [-0.1, -0.05) is 45.2 Å². The van der Waals surface area contributed by atoms with Crippen molar-refractivity contribution < 1.29 is 4.79 Å². The van der Waals surface area contributed by atoms with Crippen LogP contribution >= 0.6 is 39.1 Å². The van der Waals surface area contributed by atoms with Gasteiger partial charge in [-0.25, -0.2) is 0 Å². The summed E-state index contributed by atoms with van der Waals surface area (Å²) in [6.07, 6.45) is 0. The van der Waals surface area contributed by atoms with Crippen molar-refractivity contribution in [2.75, 3.05) is 26.2 Å². The van der Waals surface area contributed by atoms with E-state index in [1.54, 1.807) is 6.07 Å². The fraction of sp³-hybridized carbons (Fsp3) is 0.278. The number of benzene rings is 2. The third-order valence-electron chi connectivity index (χ3n) is 4.16. The van der Waals surface area contributed by atoms with Crippen molar-refractivity contribution in [1.29, 1.82) is 0 Å². The molecule has 2 aromatic rings. The number of carbonyl (C=O) groups excluding carboxylic acids is 1. The number of nitrogens with zero attached hydrogens (tertiary/aromatic N) is 2. The van der Waals surface area contributed by atoms with Gasteiger partial charge in [0.15, 0.2) is 0 Å². The number of carbonyl (C=O) groups is 1. The molecule has 0 bridgehead atoms. The highest BCUT2D eigenvalue weighted by Gasteiger charge is 2.22. The molecule has 3 rings (SSSR count). The van der Waals surface area contributed by atoms with E-state index in [1.807, 2.05) is 41.3 Å². The van der Waals surface area contributed by atoms with E-state index >= 15 is 0 Å². The van der Waals surface area contributed by atoms with Crippen LogP contribution in [0.4, 0.5) is 0 Å². The molecular formula is C18H17BrCl2N2O. The monoisotopic (exact) mass is 426 g/mol. The van der Waals surface area contributed by atoms with Crippen molar-refractivity contribution in [2.24, 2.45) is 0 Å². The van der Waals surface area contributed by atoms with Crippen LogP contribution in [-0.4, -0.2) is 41.9 Å². The van der Waals surface area contributed by atoms with Crippen molar-refractivity contribution in [1.82, 2.24) is 9.80 Å². The van der Waals surface area contributed by atoms with E-state index in [-0.39, 0.29) is 5.91 Å². The second-order valence-electron chi connectivity index (χ2n) is 5.81. The van der Waals surface area contributed by atoms with Gasteiger partial charge in [0.25, 0.3) is 5.91 Å². The molecule has 1 saturated heterocycles. The predicted octanol–water partition coefficient (Wildman–Crippen LogP) is 4.71. The molecule has 1 aliphatic rings. The molecule has 2 aromatic carbocycles. The van der Waals surface area contributed by atoms with Crippen LogP contribution in [0.15, 0.2) is 46.9 Å². The Morgan fingerprint density at radius 2 is 1.67 bits per heavy atom. The zero-order valence-electron chi connectivity index (χ0n) is 13.0. The van der Waals surface area contributed by atoms with Gasteiger partial charge in [-0.05, 0) is 42.0 Å². The smallest absolute Gasteiger partial charge is 0.253 e. The highest BCUT2D eigenvalue weighted by atomic mass is 79.9. The zero-order valence-corrected chi connectivity index (χ0v) is 16.1. The Labute approximate surface area is 160 Å². The van der Waals surface area contributed by atoms with Gasteiger partial charge in [0, 0.05) is 52.8 Å². The Balaban J connectivity index is 1.57. The van der Waals surface area contributed by atoms with Crippen molar-refractivity contribution in [3.63, 3.8) is 0 Å². The third kappa shape index (κ3) is 4.31. The largest absolute Gasteiger partial charge is 0.336 e. The molecule has 6 heteroatoms. The summed E-state index contributed by atoms with van der Waals surface area (Å²) in [5.41, 5.74) is 1.79. The molecule has 0 aliphatic carbocycles. The van der Waals surface area contributed by atoms with E-state index in [9.17, 15) is 4.79 Å². The Hall–Kier alpha value is -1.07. The van der Waals surface area contributed by atoms with Gasteiger partial charge in [-0.15, -0.1) is 0 Å². The summed E-state index contributed by atoms with van der Waals surface area (Å²) in [6, 6.07) is 13.1. The van der Waals surface area contributed by atoms with Gasteiger partial charge in [0.1, 0.15) is 0 Å². The van der Waals surface area contributed by atoms with E-state index in [0.717, 1.165) is 48.3 Å². The van der Waals surface area contributed by atoms with Crippen LogP contribution in [0.25, 0.3) is 0 Å². The highest BCUT2D eigenvalue weighted by molar-refractivity contribution is 9.10. The first-order valence-electron chi connectivity index (χ1n) is 7.74. The van der Waals surface area contributed by atoms with Gasteiger partial charge >= 0.3 is 0 Å². The fourth-order valence-electron chi connectivity index (χ4n) is 2.77. The van der Waals surface area contributed by atoms with Gasteiger partial charge in [-0.3, -0.25) is 9.69 Å². The minimum absolute atomic E-state index is 0.0895. The first-order chi connectivity index (χ1) is 11.5. The van der Waals surface area contributed by atoms with Crippen molar-refractivity contribution in [3.05, 3.63) is 68.1 Å². The van der Waals surface area contributed by atoms with Crippen LogP contribution in [0.5, 0.6) is 0 Å². The van der Waals surface area contributed by atoms with Crippen LogP contribution in [0.2, 0.25) is 10.0 Å². The minimum Gasteiger partial charge on any atom is -0.336 e. The van der Waals surface area contributed by atoms with E-state index in [2.05, 4.69) is 20.8 Å². The average Bonchev–Trinajstić information content (AvgIpc) is 2.58. The molecule has 1 aliphatic heterocycles. The molecule has 0 saturated carbocycles. The second kappa shape index (κ2) is 7.87. The van der Waals surface area contributed by atoms with Crippen LogP contribution in [0.1, 0.15) is 15.9 Å². The molecule has 24 heavy (non-hydrogen) atoms. The third-order valence-corrected chi connectivity index (χ3v) is 5.28. The summed E-state index contributed by atoms with van der Waals surface area (Å²) in [5.74, 6) is 0.0895. The van der Waals surface area contributed by atoms with Crippen molar-refractivity contribution in [3.8, 4) is 0 Å². The van der Waals surface area contributed by atoms with Crippen LogP contribution in [0.3, 0.4) is 0 Å². The number of halogens is 3. The Morgan fingerprint density at radius 3 is 2.29 bits per heavy atom. The molecule has 0 aromatic heterocycles. The molecule has 0 unspecified atom stereocenters. The number of amides is 1. The minimum atomic E-state index is 0.0895. The molecular weight excluding hydrogens is 411 g/mol. The van der Waals surface area contributed by atoms with Crippen molar-refractivity contribution >= 4 is 45.0 Å². The van der Waals surface area contributed by atoms with Crippen molar-refractivity contribution in [2.45, 2.75) is 6.54 Å². The van der Waals surface area contributed by atoms with E-state index in [0.29, 0.717) is 10.0 Å². The molecule has 1 heterocycles. The first kappa shape index (κ1) is 17.7. The van der Waals surface area contributed by atoms with Crippen LogP contribution in [0, 0.1) is 0 Å². The molecule has 0 atom stereocenters. The lowest BCUT2D eigenvalue weighted by Gasteiger charge is -2.35. The molecule has 1 amide bonds. The molecule has 0 spiro atoms. The SMILES string of the molecule is O=C(c1ccc(Br)cc1)N1CCN(Cc2ccc(Cl)cc2Cl)CC1. The Kier molecular flexibility index (Phi) is 5.82. The van der Waals surface area contributed by atoms with Gasteiger partial charge < -0.3 is 4.90 Å². The zero-order chi connectivity index (χ0) is 17.1. The van der Waals surface area contributed by atoms with Crippen LogP contribution < -0.4 is 0 Å². The normalized spacial score (nSPS) is 15.5. The lowest BCUT2D eigenvalue weighted by molar-refractivity contribution is 0.0628. The number of rotatable bonds is 3. The summed E-state index contributed by atoms with van der Waals surface area (Å²) in [4.78, 5) is 16.7. The predicted molar refractivity (Wildman–Crippen MR) is 102 cm³/mol. The summed E-state index contributed by atoms with van der Waals surface area (Å²) in [5, 5.41) is 1.34. The lowest BCUT2D eigenvalue weighted by Crippen LogP contribution is -2.48. The fourth-order valence-corrected chi connectivity index (χ4v) is 3.51. The number of hydrogen-bond acceptors (Lipinski definition) is 2. The summed E-state index contributed by atoms with van der Waals surface area (Å²) < 4.78 is 0.976. The quantitative estimate of drug-likeness (QED) is 0.707. The highest BCUT2D eigenvalue weighted by Crippen LogP contribution is 2.23. The Bertz CT molecular complexity index is 728. The number of piperazine rings is 1. The van der Waals surface area contributed by atoms with E-state index in [4.69, 9.17) is 23.2 Å². The molecule has 0 radical (unpaired) electrons. The lowest BCUT2D eigenvalue weighted by atomic mass is 10.1.